The molecule has 0 aliphatic rings. The summed E-state index contributed by atoms with van der Waals surface area (Å²) in [6.45, 7) is 0. The minimum atomic E-state index is 0.715. The van der Waals surface area contributed by atoms with Crippen LogP contribution in [0.4, 0.5) is 11.5 Å². The summed E-state index contributed by atoms with van der Waals surface area (Å²) >= 11 is 3.39. The topological polar surface area (TPSA) is 34.1 Å². The summed E-state index contributed by atoms with van der Waals surface area (Å²) in [6, 6.07) is 11.6. The largest absolute Gasteiger partial charge is 0.493 e. The van der Waals surface area contributed by atoms with Gasteiger partial charge in [0.05, 0.1) is 7.11 Å². The van der Waals surface area contributed by atoms with Crippen LogP contribution in [0.25, 0.3) is 0 Å². The van der Waals surface area contributed by atoms with Gasteiger partial charge in [-0.1, -0.05) is 15.9 Å². The molecule has 0 unspecified atom stereocenters. The van der Waals surface area contributed by atoms with Crippen molar-refractivity contribution in [2.45, 2.75) is 0 Å². The van der Waals surface area contributed by atoms with Gasteiger partial charge >= 0.3 is 0 Å². The third-order valence-electron chi connectivity index (χ3n) is 2.10. The zero-order valence-corrected chi connectivity index (χ0v) is 10.4. The number of rotatable bonds is 3. The third-order valence-corrected chi connectivity index (χ3v) is 2.63. The third kappa shape index (κ3) is 2.52. The number of anilines is 2. The molecule has 16 heavy (non-hydrogen) atoms. The number of hydrogen-bond donors (Lipinski definition) is 1. The van der Waals surface area contributed by atoms with Gasteiger partial charge in [-0.05, 0) is 36.4 Å². The van der Waals surface area contributed by atoms with Crippen LogP contribution in [0, 0.1) is 0 Å². The summed E-state index contributed by atoms with van der Waals surface area (Å²) in [6.07, 6.45) is 1.73. The summed E-state index contributed by atoms with van der Waals surface area (Å²) in [5.74, 6) is 1.44. The van der Waals surface area contributed by atoms with Gasteiger partial charge in [0, 0.05) is 16.4 Å². The van der Waals surface area contributed by atoms with E-state index in [-0.39, 0.29) is 0 Å². The average molecular weight is 279 g/mol. The molecule has 0 radical (unpaired) electrons. The highest BCUT2D eigenvalue weighted by Gasteiger charge is 2.02. The second kappa shape index (κ2) is 4.99. The fourth-order valence-corrected chi connectivity index (χ4v) is 1.58. The van der Waals surface area contributed by atoms with Gasteiger partial charge in [0.15, 0.2) is 11.6 Å². The molecule has 1 heterocycles. The first kappa shape index (κ1) is 11.0. The van der Waals surface area contributed by atoms with Crippen LogP contribution in [-0.2, 0) is 0 Å². The lowest BCUT2D eigenvalue weighted by molar-refractivity contribution is 0.415. The Labute approximate surface area is 103 Å². The van der Waals surface area contributed by atoms with Crippen LogP contribution < -0.4 is 10.1 Å². The Morgan fingerprint density at radius 1 is 1.19 bits per heavy atom. The molecular formula is C12H11BrN2O. The SMILES string of the molecule is COc1cccnc1Nc1ccc(Br)cc1. The molecule has 0 atom stereocenters. The van der Waals surface area contributed by atoms with Gasteiger partial charge < -0.3 is 10.1 Å². The predicted octanol–water partition coefficient (Wildman–Crippen LogP) is 3.60. The molecule has 1 aromatic carbocycles. The standard InChI is InChI=1S/C12H11BrN2O/c1-16-11-3-2-8-14-12(11)15-10-6-4-9(13)5-7-10/h2-8H,1H3,(H,14,15). The van der Waals surface area contributed by atoms with E-state index in [1.54, 1.807) is 13.3 Å². The van der Waals surface area contributed by atoms with Gasteiger partial charge in [0.25, 0.3) is 0 Å². The first-order valence-electron chi connectivity index (χ1n) is 4.81. The maximum Gasteiger partial charge on any atom is 0.173 e. The Hall–Kier alpha value is -1.55. The summed E-state index contributed by atoms with van der Waals surface area (Å²) < 4.78 is 6.25. The van der Waals surface area contributed by atoms with Crippen molar-refractivity contribution in [3.8, 4) is 5.75 Å². The Kier molecular flexibility index (Phi) is 3.41. The monoisotopic (exact) mass is 278 g/mol. The maximum absolute atomic E-state index is 5.21. The van der Waals surface area contributed by atoms with Crippen molar-refractivity contribution in [2.24, 2.45) is 0 Å². The molecule has 2 rings (SSSR count). The van der Waals surface area contributed by atoms with E-state index < -0.39 is 0 Å². The lowest BCUT2D eigenvalue weighted by Crippen LogP contribution is -1.96. The van der Waals surface area contributed by atoms with Gasteiger partial charge in [0.1, 0.15) is 0 Å². The van der Waals surface area contributed by atoms with Crippen LogP contribution in [0.15, 0.2) is 47.1 Å². The first-order valence-corrected chi connectivity index (χ1v) is 5.60. The number of methoxy groups -OCH3 is 1. The van der Waals surface area contributed by atoms with Gasteiger partial charge in [0.2, 0.25) is 0 Å². The van der Waals surface area contributed by atoms with E-state index in [4.69, 9.17) is 4.74 Å². The highest BCUT2D eigenvalue weighted by molar-refractivity contribution is 9.10. The minimum absolute atomic E-state index is 0.715. The molecule has 1 aromatic heterocycles. The molecular weight excluding hydrogens is 268 g/mol. The minimum Gasteiger partial charge on any atom is -0.493 e. The number of nitrogens with zero attached hydrogens (tertiary/aromatic N) is 1. The molecule has 0 amide bonds. The Morgan fingerprint density at radius 3 is 2.62 bits per heavy atom. The van der Waals surface area contributed by atoms with Gasteiger partial charge in [-0.2, -0.15) is 0 Å². The molecule has 82 valence electrons. The molecule has 0 bridgehead atoms. The summed E-state index contributed by atoms with van der Waals surface area (Å²) in [5, 5.41) is 3.19. The van der Waals surface area contributed by atoms with E-state index in [0.29, 0.717) is 5.82 Å². The van der Waals surface area contributed by atoms with Crippen LogP contribution in [0.1, 0.15) is 0 Å². The van der Waals surface area contributed by atoms with E-state index in [1.165, 1.54) is 0 Å². The van der Waals surface area contributed by atoms with Crippen molar-refractivity contribution in [3.05, 3.63) is 47.1 Å². The smallest absolute Gasteiger partial charge is 0.173 e. The molecule has 0 saturated carbocycles. The fourth-order valence-electron chi connectivity index (χ4n) is 1.32. The predicted molar refractivity (Wildman–Crippen MR) is 68.2 cm³/mol. The number of pyridine rings is 1. The van der Waals surface area contributed by atoms with Gasteiger partial charge in [-0.3, -0.25) is 0 Å². The van der Waals surface area contributed by atoms with Crippen LogP contribution in [0.2, 0.25) is 0 Å². The van der Waals surface area contributed by atoms with Crippen molar-refractivity contribution in [2.75, 3.05) is 12.4 Å². The molecule has 1 N–H and O–H groups in total. The quantitative estimate of drug-likeness (QED) is 0.932. The number of benzene rings is 1. The van der Waals surface area contributed by atoms with Crippen LogP contribution in [0.3, 0.4) is 0 Å². The fraction of sp³-hybridized carbons (Fsp3) is 0.0833. The maximum atomic E-state index is 5.21. The van der Waals surface area contributed by atoms with E-state index in [2.05, 4.69) is 26.2 Å². The van der Waals surface area contributed by atoms with E-state index in [1.807, 2.05) is 36.4 Å². The van der Waals surface area contributed by atoms with E-state index in [0.717, 1.165) is 15.9 Å². The van der Waals surface area contributed by atoms with Crippen LogP contribution >= 0.6 is 15.9 Å². The van der Waals surface area contributed by atoms with Crippen LogP contribution in [0.5, 0.6) is 5.75 Å². The molecule has 0 fully saturated rings. The molecule has 0 aliphatic heterocycles. The summed E-state index contributed by atoms with van der Waals surface area (Å²) in [5.41, 5.74) is 0.972. The lowest BCUT2D eigenvalue weighted by atomic mass is 10.3. The van der Waals surface area contributed by atoms with Crippen molar-refractivity contribution in [3.63, 3.8) is 0 Å². The Morgan fingerprint density at radius 2 is 1.94 bits per heavy atom. The lowest BCUT2D eigenvalue weighted by Gasteiger charge is -2.09. The van der Waals surface area contributed by atoms with Crippen molar-refractivity contribution in [1.82, 2.24) is 4.98 Å². The van der Waals surface area contributed by atoms with Crippen molar-refractivity contribution < 1.29 is 4.74 Å². The van der Waals surface area contributed by atoms with Crippen LogP contribution in [-0.4, -0.2) is 12.1 Å². The highest BCUT2D eigenvalue weighted by atomic mass is 79.9. The zero-order chi connectivity index (χ0) is 11.4. The number of hydrogen-bond acceptors (Lipinski definition) is 3. The average Bonchev–Trinajstić information content (AvgIpc) is 2.33. The Balaban J connectivity index is 2.23. The van der Waals surface area contributed by atoms with E-state index >= 15 is 0 Å². The van der Waals surface area contributed by atoms with Crippen molar-refractivity contribution in [1.29, 1.82) is 0 Å². The highest BCUT2D eigenvalue weighted by Crippen LogP contribution is 2.25. The molecule has 3 nitrogen and oxygen atoms in total. The molecule has 0 spiro atoms. The Bertz CT molecular complexity index is 471. The molecule has 0 saturated heterocycles. The second-order valence-electron chi connectivity index (χ2n) is 3.19. The first-order chi connectivity index (χ1) is 7.79. The molecule has 4 heteroatoms. The second-order valence-corrected chi connectivity index (χ2v) is 4.10. The number of ether oxygens (including phenoxy) is 1. The summed E-state index contributed by atoms with van der Waals surface area (Å²) in [4.78, 5) is 4.22. The number of aromatic nitrogens is 1. The van der Waals surface area contributed by atoms with Gasteiger partial charge in [-0.25, -0.2) is 4.98 Å². The summed E-state index contributed by atoms with van der Waals surface area (Å²) in [7, 11) is 1.63. The number of nitrogens with one attached hydrogen (secondary N) is 1. The zero-order valence-electron chi connectivity index (χ0n) is 8.77. The molecule has 2 aromatic rings. The number of halogens is 1. The van der Waals surface area contributed by atoms with Gasteiger partial charge in [-0.15, -0.1) is 0 Å². The normalized spacial score (nSPS) is 9.88. The van der Waals surface area contributed by atoms with E-state index in [9.17, 15) is 0 Å². The van der Waals surface area contributed by atoms with Crippen molar-refractivity contribution >= 4 is 27.4 Å². The molecule has 0 aliphatic carbocycles.